The molecule has 0 aromatic carbocycles. The van der Waals surface area contributed by atoms with Crippen molar-refractivity contribution >= 4 is 11.7 Å². The number of carbonyl (C=O) groups is 1. The summed E-state index contributed by atoms with van der Waals surface area (Å²) in [5.74, 6) is 1.16. The maximum Gasteiger partial charge on any atom is 0.251 e. The van der Waals surface area contributed by atoms with E-state index in [0.29, 0.717) is 23.8 Å². The second-order valence-electron chi connectivity index (χ2n) is 5.50. The Morgan fingerprint density at radius 3 is 2.90 bits per heavy atom. The van der Waals surface area contributed by atoms with E-state index in [1.54, 1.807) is 25.4 Å². The number of carbonyl (C=O) groups excluding carboxylic acids is 1. The highest BCUT2D eigenvalue weighted by molar-refractivity contribution is 5.94. The third kappa shape index (κ3) is 4.20. The molecule has 1 saturated heterocycles. The minimum Gasteiger partial charge on any atom is -0.373 e. The van der Waals surface area contributed by atoms with Gasteiger partial charge in [-0.15, -0.1) is 0 Å². The second-order valence-corrected chi connectivity index (χ2v) is 5.50. The number of likely N-dealkylation sites (tertiary alicyclic amines) is 1. The van der Waals surface area contributed by atoms with Crippen molar-refractivity contribution in [3.63, 3.8) is 0 Å². The lowest BCUT2D eigenvalue weighted by atomic mass is 10.1. The van der Waals surface area contributed by atoms with Crippen LogP contribution < -0.4 is 10.6 Å². The van der Waals surface area contributed by atoms with Crippen LogP contribution in [0.15, 0.2) is 18.3 Å². The molecule has 5 heteroatoms. The number of nitrogens with one attached hydrogen (secondary N) is 2. The molecule has 0 saturated carbocycles. The number of amides is 1. The fourth-order valence-corrected chi connectivity index (χ4v) is 2.55. The first-order valence-electron chi connectivity index (χ1n) is 7.33. The molecule has 2 heterocycles. The number of pyridine rings is 1. The second kappa shape index (κ2) is 7.24. The molecule has 1 atom stereocenters. The molecule has 1 aliphatic heterocycles. The van der Waals surface area contributed by atoms with Crippen molar-refractivity contribution < 1.29 is 4.79 Å². The van der Waals surface area contributed by atoms with E-state index in [1.807, 2.05) is 0 Å². The zero-order valence-electron chi connectivity index (χ0n) is 12.4. The summed E-state index contributed by atoms with van der Waals surface area (Å²) in [6.07, 6.45) is 4.26. The van der Waals surface area contributed by atoms with Crippen LogP contribution in [-0.2, 0) is 0 Å². The number of anilines is 1. The first-order chi connectivity index (χ1) is 9.69. The summed E-state index contributed by atoms with van der Waals surface area (Å²) in [6.45, 7) is 6.37. The third-order valence-electron chi connectivity index (χ3n) is 3.66. The normalized spacial score (nSPS) is 16.9. The van der Waals surface area contributed by atoms with Crippen LogP contribution in [0.3, 0.4) is 0 Å². The number of hydrogen-bond acceptors (Lipinski definition) is 4. The molecular weight excluding hydrogens is 252 g/mol. The Hall–Kier alpha value is -1.62. The minimum atomic E-state index is -0.0304. The monoisotopic (exact) mass is 276 g/mol. The zero-order chi connectivity index (χ0) is 14.4. The average Bonchev–Trinajstić information content (AvgIpc) is 2.97. The van der Waals surface area contributed by atoms with E-state index >= 15 is 0 Å². The first kappa shape index (κ1) is 14.8. The Bertz CT molecular complexity index is 443. The van der Waals surface area contributed by atoms with Crippen LogP contribution in [0.1, 0.15) is 30.1 Å². The van der Waals surface area contributed by atoms with Gasteiger partial charge in [0.1, 0.15) is 5.82 Å². The lowest BCUT2D eigenvalue weighted by Gasteiger charge is -2.20. The van der Waals surface area contributed by atoms with E-state index in [1.165, 1.54) is 25.9 Å². The van der Waals surface area contributed by atoms with E-state index in [0.717, 1.165) is 6.54 Å². The Morgan fingerprint density at radius 2 is 2.20 bits per heavy atom. The van der Waals surface area contributed by atoms with E-state index in [4.69, 9.17) is 0 Å². The highest BCUT2D eigenvalue weighted by Crippen LogP contribution is 2.10. The van der Waals surface area contributed by atoms with Gasteiger partial charge in [0.15, 0.2) is 0 Å². The van der Waals surface area contributed by atoms with Gasteiger partial charge >= 0.3 is 0 Å². The molecule has 1 aromatic heterocycles. The molecule has 5 nitrogen and oxygen atoms in total. The minimum absolute atomic E-state index is 0.0304. The van der Waals surface area contributed by atoms with Crippen LogP contribution in [0.4, 0.5) is 5.82 Å². The van der Waals surface area contributed by atoms with Crippen LogP contribution in [0, 0.1) is 5.92 Å². The Labute approximate surface area is 120 Å². The smallest absolute Gasteiger partial charge is 0.251 e. The molecule has 2 rings (SSSR count). The predicted octanol–water partition coefficient (Wildman–Crippen LogP) is 1.58. The summed E-state index contributed by atoms with van der Waals surface area (Å²) < 4.78 is 0. The summed E-state index contributed by atoms with van der Waals surface area (Å²) in [4.78, 5) is 18.7. The van der Waals surface area contributed by atoms with Gasteiger partial charge in [-0.25, -0.2) is 4.98 Å². The van der Waals surface area contributed by atoms with Crippen molar-refractivity contribution in [1.29, 1.82) is 0 Å². The molecule has 0 bridgehead atoms. The molecule has 110 valence electrons. The maximum absolute atomic E-state index is 12.1. The van der Waals surface area contributed by atoms with Crippen LogP contribution in [0.5, 0.6) is 0 Å². The third-order valence-corrected chi connectivity index (χ3v) is 3.66. The largest absolute Gasteiger partial charge is 0.373 e. The maximum atomic E-state index is 12.1. The van der Waals surface area contributed by atoms with E-state index in [9.17, 15) is 4.79 Å². The molecule has 1 aliphatic rings. The summed E-state index contributed by atoms with van der Waals surface area (Å²) in [7, 11) is 1.79. The Balaban J connectivity index is 1.78. The van der Waals surface area contributed by atoms with Gasteiger partial charge in [-0.3, -0.25) is 4.79 Å². The summed E-state index contributed by atoms with van der Waals surface area (Å²) in [5.41, 5.74) is 0.651. The van der Waals surface area contributed by atoms with Crippen LogP contribution in [0.2, 0.25) is 0 Å². The van der Waals surface area contributed by atoms with E-state index in [-0.39, 0.29) is 5.91 Å². The van der Waals surface area contributed by atoms with E-state index in [2.05, 4.69) is 27.4 Å². The van der Waals surface area contributed by atoms with Crippen molar-refractivity contribution in [2.75, 3.05) is 38.5 Å². The quantitative estimate of drug-likeness (QED) is 0.828. The van der Waals surface area contributed by atoms with Crippen LogP contribution in [-0.4, -0.2) is 49.0 Å². The van der Waals surface area contributed by atoms with Gasteiger partial charge in [-0.1, -0.05) is 6.92 Å². The van der Waals surface area contributed by atoms with Gasteiger partial charge in [0.2, 0.25) is 0 Å². The lowest BCUT2D eigenvalue weighted by molar-refractivity contribution is 0.0945. The molecule has 1 aromatic rings. The summed E-state index contributed by atoms with van der Waals surface area (Å²) in [5, 5.41) is 5.94. The van der Waals surface area contributed by atoms with Crippen molar-refractivity contribution in [2.45, 2.75) is 19.8 Å². The molecule has 1 amide bonds. The van der Waals surface area contributed by atoms with Gasteiger partial charge in [-0.2, -0.15) is 0 Å². The fourth-order valence-electron chi connectivity index (χ4n) is 2.55. The van der Waals surface area contributed by atoms with Crippen LogP contribution in [0.25, 0.3) is 0 Å². The molecule has 0 radical (unpaired) electrons. The zero-order valence-corrected chi connectivity index (χ0v) is 12.4. The molecule has 0 spiro atoms. The topological polar surface area (TPSA) is 57.3 Å². The predicted molar refractivity (Wildman–Crippen MR) is 81.0 cm³/mol. The highest BCUT2D eigenvalue weighted by Gasteiger charge is 2.15. The Morgan fingerprint density at radius 1 is 1.45 bits per heavy atom. The molecule has 1 unspecified atom stereocenters. The molecule has 1 fully saturated rings. The molecule has 2 N–H and O–H groups in total. The number of rotatable bonds is 6. The summed E-state index contributed by atoms with van der Waals surface area (Å²) in [6, 6.07) is 3.50. The van der Waals surface area contributed by atoms with Crippen molar-refractivity contribution in [1.82, 2.24) is 15.2 Å². The van der Waals surface area contributed by atoms with Gasteiger partial charge in [0.05, 0.1) is 0 Å². The SMILES string of the molecule is CNc1cc(C(=O)NCC(C)CN2CCCC2)ccn1. The summed E-state index contributed by atoms with van der Waals surface area (Å²) >= 11 is 0. The number of hydrogen-bond donors (Lipinski definition) is 2. The first-order valence-corrected chi connectivity index (χ1v) is 7.33. The average molecular weight is 276 g/mol. The molecular formula is C15H24N4O. The fraction of sp³-hybridized carbons (Fsp3) is 0.600. The van der Waals surface area contributed by atoms with Crippen LogP contribution >= 0.6 is 0 Å². The Kier molecular flexibility index (Phi) is 5.35. The van der Waals surface area contributed by atoms with E-state index < -0.39 is 0 Å². The number of nitrogens with zero attached hydrogens (tertiary/aromatic N) is 2. The number of aromatic nitrogens is 1. The van der Waals surface area contributed by atoms with Gasteiger partial charge in [0, 0.05) is 31.9 Å². The van der Waals surface area contributed by atoms with Gasteiger partial charge in [-0.05, 0) is 44.0 Å². The lowest BCUT2D eigenvalue weighted by Crippen LogP contribution is -2.34. The van der Waals surface area contributed by atoms with Gasteiger partial charge in [0.25, 0.3) is 5.91 Å². The standard InChI is InChI=1S/C15H24N4O/c1-12(11-19-7-3-4-8-19)10-18-15(20)13-5-6-17-14(9-13)16-2/h5-6,9,12H,3-4,7-8,10-11H2,1-2H3,(H,16,17)(H,18,20). The molecule has 20 heavy (non-hydrogen) atoms. The molecule has 0 aliphatic carbocycles. The van der Waals surface area contributed by atoms with Gasteiger partial charge < -0.3 is 15.5 Å². The van der Waals surface area contributed by atoms with Crippen molar-refractivity contribution in [3.8, 4) is 0 Å². The highest BCUT2D eigenvalue weighted by atomic mass is 16.1. The van der Waals surface area contributed by atoms with Crippen molar-refractivity contribution in [3.05, 3.63) is 23.9 Å². The van der Waals surface area contributed by atoms with Crippen molar-refractivity contribution in [2.24, 2.45) is 5.92 Å².